The van der Waals surface area contributed by atoms with Crippen LogP contribution in [-0.2, 0) is 4.79 Å². The number of ether oxygens (including phenoxy) is 2. The van der Waals surface area contributed by atoms with Crippen LogP contribution in [0.25, 0.3) is 17.1 Å². The Labute approximate surface area is 163 Å². The van der Waals surface area contributed by atoms with Crippen LogP contribution >= 0.6 is 0 Å². The van der Waals surface area contributed by atoms with Crippen LogP contribution in [0, 0.1) is 5.92 Å². The number of rotatable bonds is 6. The standard InChI is InChI=1S/C21H22N4O3/c1-27-18-11-9-14(10-12-18)19-23-21(28-2)24-25(19)17-8-4-7-16(13-17)22-20(26)15-5-3-6-15/h4,7-13,15H,3,5-6H2,1-2H3,(H,22,26). The molecule has 1 amide bonds. The lowest BCUT2D eigenvalue weighted by Gasteiger charge is -2.24. The minimum atomic E-state index is 0.0787. The second-order valence-electron chi connectivity index (χ2n) is 6.73. The third-order valence-electron chi connectivity index (χ3n) is 4.95. The molecule has 144 valence electrons. The summed E-state index contributed by atoms with van der Waals surface area (Å²) in [6.45, 7) is 0. The molecule has 1 aromatic heterocycles. The Morgan fingerprint density at radius 2 is 1.89 bits per heavy atom. The first-order valence-electron chi connectivity index (χ1n) is 9.24. The normalized spacial score (nSPS) is 13.6. The Bertz CT molecular complexity index is 978. The van der Waals surface area contributed by atoms with E-state index in [1.54, 1.807) is 11.8 Å². The van der Waals surface area contributed by atoms with Gasteiger partial charge in [0.15, 0.2) is 5.82 Å². The molecule has 1 aliphatic carbocycles. The van der Waals surface area contributed by atoms with Gasteiger partial charge in [0.25, 0.3) is 0 Å². The highest BCUT2D eigenvalue weighted by Crippen LogP contribution is 2.29. The van der Waals surface area contributed by atoms with Crippen LogP contribution in [-0.4, -0.2) is 34.9 Å². The van der Waals surface area contributed by atoms with Crippen molar-refractivity contribution in [3.63, 3.8) is 0 Å². The molecule has 1 aliphatic rings. The molecule has 1 saturated carbocycles. The van der Waals surface area contributed by atoms with Gasteiger partial charge < -0.3 is 14.8 Å². The summed E-state index contributed by atoms with van der Waals surface area (Å²) in [5.41, 5.74) is 2.40. The first-order chi connectivity index (χ1) is 13.7. The van der Waals surface area contributed by atoms with Crippen LogP contribution in [0.5, 0.6) is 11.8 Å². The van der Waals surface area contributed by atoms with E-state index in [1.165, 1.54) is 7.11 Å². The van der Waals surface area contributed by atoms with Crippen molar-refractivity contribution in [3.8, 4) is 28.8 Å². The Hall–Kier alpha value is -3.35. The number of hydrogen-bond acceptors (Lipinski definition) is 5. The highest BCUT2D eigenvalue weighted by atomic mass is 16.5. The quantitative estimate of drug-likeness (QED) is 0.708. The average Bonchev–Trinajstić information content (AvgIpc) is 3.11. The molecule has 0 saturated heterocycles. The van der Waals surface area contributed by atoms with Gasteiger partial charge in [-0.3, -0.25) is 4.79 Å². The van der Waals surface area contributed by atoms with Crippen LogP contribution < -0.4 is 14.8 Å². The Balaban J connectivity index is 1.67. The minimum Gasteiger partial charge on any atom is -0.497 e. The number of carbonyl (C=O) groups is 1. The molecule has 1 fully saturated rings. The number of nitrogens with zero attached hydrogens (tertiary/aromatic N) is 3. The molecule has 7 heteroatoms. The van der Waals surface area contributed by atoms with E-state index in [-0.39, 0.29) is 17.8 Å². The van der Waals surface area contributed by atoms with E-state index < -0.39 is 0 Å². The van der Waals surface area contributed by atoms with Crippen molar-refractivity contribution in [2.45, 2.75) is 19.3 Å². The molecule has 28 heavy (non-hydrogen) atoms. The average molecular weight is 378 g/mol. The summed E-state index contributed by atoms with van der Waals surface area (Å²) in [7, 11) is 3.16. The monoisotopic (exact) mass is 378 g/mol. The Morgan fingerprint density at radius 3 is 2.54 bits per heavy atom. The van der Waals surface area contributed by atoms with Crippen LogP contribution in [0.3, 0.4) is 0 Å². The summed E-state index contributed by atoms with van der Waals surface area (Å²) in [6.07, 6.45) is 3.06. The first-order valence-corrected chi connectivity index (χ1v) is 9.24. The van der Waals surface area contributed by atoms with Gasteiger partial charge in [-0.2, -0.15) is 4.98 Å². The van der Waals surface area contributed by atoms with E-state index >= 15 is 0 Å². The molecule has 7 nitrogen and oxygen atoms in total. The molecule has 0 radical (unpaired) electrons. The number of nitrogens with one attached hydrogen (secondary N) is 1. The maximum absolute atomic E-state index is 12.3. The largest absolute Gasteiger partial charge is 0.497 e. The lowest BCUT2D eigenvalue weighted by molar-refractivity contribution is -0.122. The number of anilines is 1. The number of methoxy groups -OCH3 is 2. The molecule has 0 aliphatic heterocycles. The van der Waals surface area contributed by atoms with Crippen molar-refractivity contribution in [3.05, 3.63) is 48.5 Å². The van der Waals surface area contributed by atoms with Crippen LogP contribution in [0.15, 0.2) is 48.5 Å². The van der Waals surface area contributed by atoms with Gasteiger partial charge >= 0.3 is 6.01 Å². The van der Waals surface area contributed by atoms with Gasteiger partial charge in [-0.1, -0.05) is 12.5 Å². The van der Waals surface area contributed by atoms with Crippen LogP contribution in [0.4, 0.5) is 5.69 Å². The van der Waals surface area contributed by atoms with Crippen molar-refractivity contribution in [2.75, 3.05) is 19.5 Å². The molecule has 0 unspecified atom stereocenters. The first kappa shape index (κ1) is 18.0. The number of hydrogen-bond donors (Lipinski definition) is 1. The number of amides is 1. The lowest BCUT2D eigenvalue weighted by Crippen LogP contribution is -2.28. The fourth-order valence-electron chi connectivity index (χ4n) is 3.12. The van der Waals surface area contributed by atoms with Crippen LogP contribution in [0.2, 0.25) is 0 Å². The number of aromatic nitrogens is 3. The summed E-state index contributed by atoms with van der Waals surface area (Å²) >= 11 is 0. The Morgan fingerprint density at radius 1 is 1.11 bits per heavy atom. The van der Waals surface area contributed by atoms with Gasteiger partial charge in [-0.05, 0) is 55.3 Å². The minimum absolute atomic E-state index is 0.0787. The zero-order valence-corrected chi connectivity index (χ0v) is 15.9. The van der Waals surface area contributed by atoms with E-state index in [9.17, 15) is 4.79 Å². The van der Waals surface area contributed by atoms with E-state index in [0.717, 1.165) is 42.0 Å². The highest BCUT2D eigenvalue weighted by Gasteiger charge is 2.25. The molecular formula is C21H22N4O3. The maximum atomic E-state index is 12.3. The van der Waals surface area contributed by atoms with Crippen molar-refractivity contribution < 1.29 is 14.3 Å². The topological polar surface area (TPSA) is 78.3 Å². The van der Waals surface area contributed by atoms with Gasteiger partial charge in [0.05, 0.1) is 19.9 Å². The van der Waals surface area contributed by atoms with Crippen molar-refractivity contribution >= 4 is 11.6 Å². The fraction of sp³-hybridized carbons (Fsp3) is 0.286. The predicted molar refractivity (Wildman–Crippen MR) is 106 cm³/mol. The zero-order chi connectivity index (χ0) is 19.5. The Kier molecular flexibility index (Phi) is 4.97. The smallest absolute Gasteiger partial charge is 0.336 e. The summed E-state index contributed by atoms with van der Waals surface area (Å²) in [5, 5.41) is 7.44. The van der Waals surface area contributed by atoms with Crippen molar-refractivity contribution in [1.82, 2.24) is 14.8 Å². The summed E-state index contributed by atoms with van der Waals surface area (Å²) in [4.78, 5) is 16.7. The molecular weight excluding hydrogens is 356 g/mol. The van der Waals surface area contributed by atoms with E-state index in [2.05, 4.69) is 15.4 Å². The van der Waals surface area contributed by atoms with E-state index in [0.29, 0.717) is 5.82 Å². The molecule has 4 rings (SSSR count). The second-order valence-corrected chi connectivity index (χ2v) is 6.73. The third-order valence-corrected chi connectivity index (χ3v) is 4.95. The van der Waals surface area contributed by atoms with Crippen molar-refractivity contribution in [1.29, 1.82) is 0 Å². The molecule has 0 bridgehead atoms. The fourth-order valence-corrected chi connectivity index (χ4v) is 3.12. The molecule has 1 N–H and O–H groups in total. The van der Waals surface area contributed by atoms with E-state index in [4.69, 9.17) is 9.47 Å². The molecule has 0 atom stereocenters. The lowest BCUT2D eigenvalue weighted by atomic mass is 9.85. The van der Waals surface area contributed by atoms with Crippen molar-refractivity contribution in [2.24, 2.45) is 5.92 Å². The SMILES string of the molecule is COc1ccc(-c2nc(OC)nn2-c2cccc(NC(=O)C3CCC3)c2)cc1. The summed E-state index contributed by atoms with van der Waals surface area (Å²) < 4.78 is 12.2. The molecule has 1 heterocycles. The van der Waals surface area contributed by atoms with Gasteiger partial charge in [-0.25, -0.2) is 4.68 Å². The zero-order valence-electron chi connectivity index (χ0n) is 15.9. The second kappa shape index (κ2) is 7.72. The van der Waals surface area contributed by atoms with Gasteiger partial charge in [-0.15, -0.1) is 5.10 Å². The molecule has 2 aromatic carbocycles. The summed E-state index contributed by atoms with van der Waals surface area (Å²) in [6, 6.07) is 15.4. The third kappa shape index (κ3) is 3.55. The molecule has 0 spiro atoms. The summed E-state index contributed by atoms with van der Waals surface area (Å²) in [5.74, 6) is 1.62. The number of benzene rings is 2. The van der Waals surface area contributed by atoms with Gasteiger partial charge in [0.1, 0.15) is 5.75 Å². The van der Waals surface area contributed by atoms with E-state index in [1.807, 2.05) is 48.5 Å². The molecule has 3 aromatic rings. The number of carbonyl (C=O) groups excluding carboxylic acids is 1. The van der Waals surface area contributed by atoms with Gasteiger partial charge in [0.2, 0.25) is 5.91 Å². The predicted octanol–water partition coefficient (Wildman–Crippen LogP) is 3.69. The van der Waals surface area contributed by atoms with Crippen LogP contribution in [0.1, 0.15) is 19.3 Å². The maximum Gasteiger partial charge on any atom is 0.336 e. The van der Waals surface area contributed by atoms with Gasteiger partial charge in [0, 0.05) is 17.2 Å². The highest BCUT2D eigenvalue weighted by molar-refractivity contribution is 5.93.